The number of piperidine rings is 1. The van der Waals surface area contributed by atoms with Crippen molar-refractivity contribution in [2.75, 3.05) is 13.1 Å². The van der Waals surface area contributed by atoms with Crippen LogP contribution in [0.2, 0.25) is 0 Å². The molecule has 1 saturated heterocycles. The lowest BCUT2D eigenvalue weighted by Crippen LogP contribution is -2.40. The maximum atomic E-state index is 13.3. The number of nitrogens with zero attached hydrogens (tertiary/aromatic N) is 1. The number of amides is 1. The molecule has 1 aliphatic heterocycles. The predicted octanol–water partition coefficient (Wildman–Crippen LogP) is 4.01. The summed E-state index contributed by atoms with van der Waals surface area (Å²) >= 11 is 0. The quantitative estimate of drug-likeness (QED) is 0.790. The summed E-state index contributed by atoms with van der Waals surface area (Å²) in [4.78, 5) is 26.5. The monoisotopic (exact) mass is 343 g/mol. The lowest BCUT2D eigenvalue weighted by molar-refractivity contribution is 0.0649. The normalized spacial score (nSPS) is 15.2. The Kier molecular flexibility index (Phi) is 4.93. The Labute approximate surface area is 145 Å². The van der Waals surface area contributed by atoms with Gasteiger partial charge in [-0.15, -0.1) is 0 Å². The fourth-order valence-electron chi connectivity index (χ4n) is 3.16. The van der Waals surface area contributed by atoms with Gasteiger partial charge in [0.15, 0.2) is 5.78 Å². The minimum atomic E-state index is -0.771. The van der Waals surface area contributed by atoms with Crippen LogP contribution in [-0.4, -0.2) is 29.7 Å². The number of Topliss-reactive ketones (excluding diaryl/α,β-unsaturated/α-hetero) is 1. The van der Waals surface area contributed by atoms with Crippen LogP contribution in [0.5, 0.6) is 0 Å². The van der Waals surface area contributed by atoms with Gasteiger partial charge in [-0.3, -0.25) is 9.59 Å². The smallest absolute Gasteiger partial charge is 0.254 e. The molecule has 25 heavy (non-hydrogen) atoms. The van der Waals surface area contributed by atoms with Gasteiger partial charge in [-0.25, -0.2) is 8.78 Å². The molecule has 2 aromatic carbocycles. The van der Waals surface area contributed by atoms with Crippen molar-refractivity contribution >= 4 is 11.7 Å². The first-order valence-electron chi connectivity index (χ1n) is 8.30. The van der Waals surface area contributed by atoms with Gasteiger partial charge >= 0.3 is 0 Å². The first kappa shape index (κ1) is 17.3. The van der Waals surface area contributed by atoms with E-state index in [9.17, 15) is 18.4 Å². The van der Waals surface area contributed by atoms with Crippen molar-refractivity contribution in [2.24, 2.45) is 5.92 Å². The van der Waals surface area contributed by atoms with E-state index in [0.29, 0.717) is 31.5 Å². The highest BCUT2D eigenvalue weighted by atomic mass is 19.1. The molecule has 1 amide bonds. The number of carbonyl (C=O) groups excluding carboxylic acids is 2. The third kappa shape index (κ3) is 3.92. The number of halogens is 2. The van der Waals surface area contributed by atoms with Crippen LogP contribution >= 0.6 is 0 Å². The van der Waals surface area contributed by atoms with E-state index in [1.54, 1.807) is 4.90 Å². The Balaban J connectivity index is 1.64. The summed E-state index contributed by atoms with van der Waals surface area (Å²) < 4.78 is 26.6. The number of hydrogen-bond donors (Lipinski definition) is 0. The van der Waals surface area contributed by atoms with Gasteiger partial charge in [-0.1, -0.05) is 29.8 Å². The molecule has 0 aliphatic carbocycles. The molecule has 1 heterocycles. The van der Waals surface area contributed by atoms with Crippen LogP contribution < -0.4 is 0 Å². The predicted molar refractivity (Wildman–Crippen MR) is 90.5 cm³/mol. The average Bonchev–Trinajstić information content (AvgIpc) is 2.60. The van der Waals surface area contributed by atoms with Crippen molar-refractivity contribution in [3.63, 3.8) is 0 Å². The van der Waals surface area contributed by atoms with Gasteiger partial charge in [0.2, 0.25) is 0 Å². The maximum Gasteiger partial charge on any atom is 0.254 e. The fraction of sp³-hybridized carbons (Fsp3) is 0.300. The lowest BCUT2D eigenvalue weighted by Gasteiger charge is -2.31. The van der Waals surface area contributed by atoms with Gasteiger partial charge in [0.05, 0.1) is 0 Å². The summed E-state index contributed by atoms with van der Waals surface area (Å²) in [7, 11) is 0. The molecule has 1 aliphatic rings. The number of carbonyl (C=O) groups is 2. The summed E-state index contributed by atoms with van der Waals surface area (Å²) in [6, 6.07) is 10.3. The van der Waals surface area contributed by atoms with E-state index in [2.05, 4.69) is 0 Å². The summed E-state index contributed by atoms with van der Waals surface area (Å²) in [5, 5.41) is 0. The van der Waals surface area contributed by atoms with E-state index in [1.807, 2.05) is 31.2 Å². The summed E-state index contributed by atoms with van der Waals surface area (Å²) in [5.74, 6) is -1.99. The van der Waals surface area contributed by atoms with Crippen LogP contribution in [0, 0.1) is 24.5 Å². The minimum Gasteiger partial charge on any atom is -0.339 e. The Bertz CT molecular complexity index is 774. The molecule has 1 fully saturated rings. The van der Waals surface area contributed by atoms with Gasteiger partial charge in [-0.2, -0.15) is 0 Å². The Morgan fingerprint density at radius 1 is 0.920 bits per heavy atom. The minimum absolute atomic E-state index is 0.000751. The zero-order valence-electron chi connectivity index (χ0n) is 14.0. The maximum absolute atomic E-state index is 13.3. The highest BCUT2D eigenvalue weighted by Crippen LogP contribution is 2.23. The van der Waals surface area contributed by atoms with Gasteiger partial charge < -0.3 is 4.90 Å². The molecule has 0 unspecified atom stereocenters. The Hall–Kier alpha value is -2.56. The third-order valence-electron chi connectivity index (χ3n) is 4.60. The van der Waals surface area contributed by atoms with Crippen molar-refractivity contribution in [2.45, 2.75) is 19.8 Å². The number of benzene rings is 2. The molecule has 0 bridgehead atoms. The van der Waals surface area contributed by atoms with Crippen LogP contribution in [0.3, 0.4) is 0 Å². The highest BCUT2D eigenvalue weighted by molar-refractivity contribution is 5.98. The first-order valence-corrected chi connectivity index (χ1v) is 8.30. The van der Waals surface area contributed by atoms with Crippen LogP contribution in [0.25, 0.3) is 0 Å². The van der Waals surface area contributed by atoms with E-state index >= 15 is 0 Å². The van der Waals surface area contributed by atoms with Crippen LogP contribution in [0.15, 0.2) is 42.5 Å². The number of rotatable bonds is 3. The Morgan fingerprint density at radius 2 is 1.48 bits per heavy atom. The molecule has 0 atom stereocenters. The molecule has 5 heteroatoms. The van der Waals surface area contributed by atoms with E-state index in [4.69, 9.17) is 0 Å². The standard InChI is InChI=1S/C20H19F2NO2/c1-13-2-4-14(5-3-13)19(24)15-6-8-23(9-7-15)20(25)16-10-17(21)12-18(22)11-16/h2-5,10-12,15H,6-9H2,1H3. The fourth-order valence-corrected chi connectivity index (χ4v) is 3.16. The van der Waals surface area contributed by atoms with Gasteiger partial charge in [-0.05, 0) is 31.9 Å². The highest BCUT2D eigenvalue weighted by Gasteiger charge is 2.28. The molecule has 0 radical (unpaired) electrons. The van der Waals surface area contributed by atoms with Gasteiger partial charge in [0.25, 0.3) is 5.91 Å². The molecule has 0 aromatic heterocycles. The Morgan fingerprint density at radius 3 is 2.04 bits per heavy atom. The molecule has 130 valence electrons. The van der Waals surface area contributed by atoms with Crippen LogP contribution in [0.1, 0.15) is 39.1 Å². The molecular formula is C20H19F2NO2. The van der Waals surface area contributed by atoms with Gasteiger partial charge in [0, 0.05) is 36.2 Å². The van der Waals surface area contributed by atoms with Crippen LogP contribution in [0.4, 0.5) is 8.78 Å². The van der Waals surface area contributed by atoms with E-state index < -0.39 is 17.5 Å². The lowest BCUT2D eigenvalue weighted by atomic mass is 9.88. The van der Waals surface area contributed by atoms with Gasteiger partial charge in [0.1, 0.15) is 11.6 Å². The first-order chi connectivity index (χ1) is 11.9. The van der Waals surface area contributed by atoms with Crippen molar-refractivity contribution in [3.8, 4) is 0 Å². The van der Waals surface area contributed by atoms with Crippen molar-refractivity contribution in [3.05, 3.63) is 70.8 Å². The topological polar surface area (TPSA) is 37.4 Å². The molecular weight excluding hydrogens is 324 g/mol. The average molecular weight is 343 g/mol. The van der Waals surface area contributed by atoms with Crippen molar-refractivity contribution < 1.29 is 18.4 Å². The second-order valence-electron chi connectivity index (χ2n) is 6.45. The van der Waals surface area contributed by atoms with E-state index in [1.165, 1.54) is 0 Å². The van der Waals surface area contributed by atoms with Crippen LogP contribution in [-0.2, 0) is 0 Å². The summed E-state index contributed by atoms with van der Waals surface area (Å²) in [6.07, 6.45) is 1.10. The van der Waals surface area contributed by atoms with E-state index in [-0.39, 0.29) is 17.3 Å². The van der Waals surface area contributed by atoms with E-state index in [0.717, 1.165) is 23.8 Å². The third-order valence-corrected chi connectivity index (χ3v) is 4.60. The number of aryl methyl sites for hydroxylation is 1. The molecule has 0 saturated carbocycles. The number of hydrogen-bond acceptors (Lipinski definition) is 2. The van der Waals surface area contributed by atoms with Crippen molar-refractivity contribution in [1.29, 1.82) is 0 Å². The molecule has 0 N–H and O–H groups in total. The van der Waals surface area contributed by atoms with Crippen molar-refractivity contribution in [1.82, 2.24) is 4.90 Å². The molecule has 3 rings (SSSR count). The molecule has 0 spiro atoms. The summed E-state index contributed by atoms with van der Waals surface area (Å²) in [5.41, 5.74) is 1.78. The number of likely N-dealkylation sites (tertiary alicyclic amines) is 1. The SMILES string of the molecule is Cc1ccc(C(=O)C2CCN(C(=O)c3cc(F)cc(F)c3)CC2)cc1. The zero-order chi connectivity index (χ0) is 18.0. The summed E-state index contributed by atoms with van der Waals surface area (Å²) in [6.45, 7) is 2.77. The molecule has 2 aromatic rings. The molecule has 3 nitrogen and oxygen atoms in total. The second-order valence-corrected chi connectivity index (χ2v) is 6.45. The largest absolute Gasteiger partial charge is 0.339 e. The number of ketones is 1. The second kappa shape index (κ2) is 7.13. The zero-order valence-corrected chi connectivity index (χ0v) is 14.0.